The number of hydrogen-bond acceptors (Lipinski definition) is 7. The van der Waals surface area contributed by atoms with Crippen LogP contribution < -0.4 is 10.2 Å². The second-order valence-electron chi connectivity index (χ2n) is 9.44. The number of rotatable bonds is 3. The van der Waals surface area contributed by atoms with Gasteiger partial charge in [0.1, 0.15) is 29.3 Å². The third-order valence-corrected chi connectivity index (χ3v) is 7.09. The van der Waals surface area contributed by atoms with Crippen LogP contribution in [0, 0.1) is 28.8 Å². The van der Waals surface area contributed by atoms with E-state index in [1.54, 1.807) is 12.1 Å². The van der Waals surface area contributed by atoms with E-state index in [0.29, 0.717) is 53.1 Å². The number of phenols is 1. The van der Waals surface area contributed by atoms with Gasteiger partial charge in [0.05, 0.1) is 24.0 Å². The van der Waals surface area contributed by atoms with Gasteiger partial charge in [-0.25, -0.2) is 23.1 Å². The molecule has 0 radical (unpaired) electrons. The molecule has 4 aromatic rings. The van der Waals surface area contributed by atoms with Gasteiger partial charge in [0.2, 0.25) is 0 Å². The normalized spacial score (nSPS) is 19.3. The molecule has 2 aliphatic rings. The minimum atomic E-state index is -0.717. The summed E-state index contributed by atoms with van der Waals surface area (Å²) in [5.74, 6) is -2.48. The van der Waals surface area contributed by atoms with Gasteiger partial charge in [-0.2, -0.15) is 5.26 Å². The number of aromatic nitrogens is 2. The van der Waals surface area contributed by atoms with E-state index in [9.17, 15) is 23.5 Å². The highest BCUT2D eigenvalue weighted by Gasteiger charge is 2.34. The Balaban J connectivity index is 1.57. The number of anilines is 1. The number of piperidine rings is 1. The molecule has 0 spiro atoms. The van der Waals surface area contributed by atoms with Gasteiger partial charge in [0.25, 0.3) is 0 Å². The van der Waals surface area contributed by atoms with Crippen LogP contribution in [0.5, 0.6) is 5.75 Å². The van der Waals surface area contributed by atoms with Gasteiger partial charge in [0.15, 0.2) is 5.65 Å². The second-order valence-corrected chi connectivity index (χ2v) is 9.44. The highest BCUT2D eigenvalue weighted by molar-refractivity contribution is 6.00. The molecule has 2 aromatic heterocycles. The fourth-order valence-electron chi connectivity index (χ4n) is 5.36. The van der Waals surface area contributed by atoms with Crippen LogP contribution in [0.3, 0.4) is 0 Å². The first-order valence-electron chi connectivity index (χ1n) is 12.2. The number of nitrogens with zero attached hydrogens (tertiary/aromatic N) is 4. The average molecular weight is 518 g/mol. The lowest BCUT2D eigenvalue weighted by atomic mass is 9.95. The van der Waals surface area contributed by atoms with E-state index < -0.39 is 17.5 Å². The molecule has 2 fully saturated rings. The molecule has 0 aliphatic carbocycles. The maximum absolute atomic E-state index is 14.3. The summed E-state index contributed by atoms with van der Waals surface area (Å²) < 4.78 is 48.8. The van der Waals surface area contributed by atoms with Crippen LogP contribution in [-0.4, -0.2) is 53.5 Å². The van der Waals surface area contributed by atoms with Crippen LogP contribution in [0.25, 0.3) is 33.3 Å². The Labute approximate surface area is 216 Å². The third-order valence-electron chi connectivity index (χ3n) is 7.09. The van der Waals surface area contributed by atoms with Crippen molar-refractivity contribution in [3.05, 3.63) is 71.8 Å². The molecule has 2 N–H and O–H groups in total. The maximum Gasteiger partial charge on any atom is 0.161 e. The molecule has 0 saturated carbocycles. The highest BCUT2D eigenvalue weighted by Crippen LogP contribution is 2.41. The molecule has 2 atom stereocenters. The van der Waals surface area contributed by atoms with E-state index in [-0.39, 0.29) is 29.0 Å². The van der Waals surface area contributed by atoms with Gasteiger partial charge in [-0.3, -0.25) is 0 Å². The molecule has 4 heterocycles. The van der Waals surface area contributed by atoms with Crippen molar-refractivity contribution in [2.75, 3.05) is 31.1 Å². The van der Waals surface area contributed by atoms with Crippen LogP contribution in [0.15, 0.2) is 48.8 Å². The zero-order valence-corrected chi connectivity index (χ0v) is 20.1. The van der Waals surface area contributed by atoms with Crippen LogP contribution in [-0.2, 0) is 4.74 Å². The van der Waals surface area contributed by atoms with E-state index in [1.807, 2.05) is 0 Å². The summed E-state index contributed by atoms with van der Waals surface area (Å²) in [4.78, 5) is 11.0. The zero-order valence-electron chi connectivity index (χ0n) is 20.1. The molecular formula is C28H22F3N5O2. The van der Waals surface area contributed by atoms with Gasteiger partial charge < -0.3 is 20.1 Å². The molecule has 7 nitrogen and oxygen atoms in total. The van der Waals surface area contributed by atoms with Crippen LogP contribution in [0.2, 0.25) is 0 Å². The number of nitriles is 1. The Hall–Kier alpha value is -4.20. The van der Waals surface area contributed by atoms with Gasteiger partial charge in [-0.05, 0) is 42.3 Å². The number of fused-ring (bicyclic) bond motifs is 2. The number of hydrogen-bond donors (Lipinski definition) is 2. The number of nitrogens with one attached hydrogen (secondary N) is 1. The lowest BCUT2D eigenvalue weighted by molar-refractivity contribution is -0.00896. The molecule has 2 aliphatic heterocycles. The number of benzene rings is 2. The first kappa shape index (κ1) is 24.2. The molecule has 192 valence electrons. The van der Waals surface area contributed by atoms with Gasteiger partial charge in [-0.1, -0.05) is 0 Å². The number of pyridine rings is 2. The Morgan fingerprint density at radius 1 is 0.974 bits per heavy atom. The van der Waals surface area contributed by atoms with E-state index >= 15 is 0 Å². The van der Waals surface area contributed by atoms with Crippen molar-refractivity contribution in [3.63, 3.8) is 0 Å². The molecule has 38 heavy (non-hydrogen) atoms. The third kappa shape index (κ3) is 4.30. The minimum Gasteiger partial charge on any atom is -0.506 e. The molecule has 6 rings (SSSR count). The van der Waals surface area contributed by atoms with Crippen molar-refractivity contribution in [3.8, 4) is 34.1 Å². The summed E-state index contributed by atoms with van der Waals surface area (Å²) in [6, 6.07) is 9.08. The first-order valence-corrected chi connectivity index (χ1v) is 12.2. The van der Waals surface area contributed by atoms with Crippen LogP contribution >= 0.6 is 0 Å². The molecule has 2 aromatic carbocycles. The number of aromatic hydroxyl groups is 1. The molecular weight excluding hydrogens is 495 g/mol. The van der Waals surface area contributed by atoms with Crippen molar-refractivity contribution < 1.29 is 23.0 Å². The maximum atomic E-state index is 14.3. The molecule has 0 unspecified atom stereocenters. The van der Waals surface area contributed by atoms with E-state index in [1.165, 1.54) is 24.5 Å². The van der Waals surface area contributed by atoms with E-state index in [4.69, 9.17) is 4.74 Å². The highest BCUT2D eigenvalue weighted by atomic mass is 19.1. The largest absolute Gasteiger partial charge is 0.506 e. The van der Waals surface area contributed by atoms with Crippen molar-refractivity contribution in [2.24, 2.45) is 0 Å². The SMILES string of the molecule is N#Cc1cc(F)cc(-c2cnc3ncc(-c4cc(F)cc(F)c4)c(N4CC[C@H]5NCCO[C@@H]5C4)c3c2)c1O. The summed E-state index contributed by atoms with van der Waals surface area (Å²) in [5.41, 5.74) is 2.08. The molecule has 10 heteroatoms. The fraction of sp³-hybridized carbons (Fsp3) is 0.250. The number of morpholine rings is 1. The predicted molar refractivity (Wildman–Crippen MR) is 135 cm³/mol. The topological polar surface area (TPSA) is 94.3 Å². The average Bonchev–Trinajstić information content (AvgIpc) is 2.92. The Morgan fingerprint density at radius 3 is 2.53 bits per heavy atom. The number of ether oxygens (including phenoxy) is 1. The first-order chi connectivity index (χ1) is 18.4. The Morgan fingerprint density at radius 2 is 1.74 bits per heavy atom. The summed E-state index contributed by atoms with van der Waals surface area (Å²) in [5, 5.41) is 24.0. The lowest BCUT2D eigenvalue weighted by Gasteiger charge is -2.43. The summed E-state index contributed by atoms with van der Waals surface area (Å²) in [6.45, 7) is 2.52. The summed E-state index contributed by atoms with van der Waals surface area (Å²) in [6.07, 6.45) is 3.68. The standard InChI is InChI=1S/C28H22F3N5O2/c29-18-5-15(6-19(30)9-18)23-13-35-28-22(26(23)36-3-1-24-25(14-36)38-4-2-33-24)8-17(12-34-28)21-10-20(31)7-16(11-32)27(21)37/h5-10,12-13,24-25,33,37H,1-4,14H2/t24-,25-/m1/s1. The smallest absolute Gasteiger partial charge is 0.161 e. The van der Waals surface area contributed by atoms with E-state index in [2.05, 4.69) is 20.2 Å². The minimum absolute atomic E-state index is 0.0839. The van der Waals surface area contributed by atoms with Crippen molar-refractivity contribution in [1.29, 1.82) is 5.26 Å². The summed E-state index contributed by atoms with van der Waals surface area (Å²) in [7, 11) is 0. The van der Waals surface area contributed by atoms with E-state index in [0.717, 1.165) is 31.2 Å². The summed E-state index contributed by atoms with van der Waals surface area (Å²) >= 11 is 0. The fourth-order valence-corrected chi connectivity index (χ4v) is 5.36. The Kier molecular flexibility index (Phi) is 6.10. The number of phenolic OH excluding ortho intramolecular Hbond substituents is 1. The second kappa shape index (κ2) is 9.59. The van der Waals surface area contributed by atoms with Crippen LogP contribution in [0.4, 0.5) is 18.9 Å². The molecule has 2 saturated heterocycles. The number of halogens is 3. The zero-order chi connectivity index (χ0) is 26.4. The monoisotopic (exact) mass is 517 g/mol. The lowest BCUT2D eigenvalue weighted by Crippen LogP contribution is -2.57. The van der Waals surface area contributed by atoms with Crippen LogP contribution in [0.1, 0.15) is 12.0 Å². The van der Waals surface area contributed by atoms with Crippen molar-refractivity contribution >= 4 is 16.7 Å². The predicted octanol–water partition coefficient (Wildman–Crippen LogP) is 4.53. The van der Waals surface area contributed by atoms with Crippen molar-refractivity contribution in [2.45, 2.75) is 18.6 Å². The van der Waals surface area contributed by atoms with Gasteiger partial charge in [0, 0.05) is 66.2 Å². The van der Waals surface area contributed by atoms with Gasteiger partial charge in [-0.15, -0.1) is 0 Å². The van der Waals surface area contributed by atoms with Gasteiger partial charge >= 0.3 is 0 Å². The quantitative estimate of drug-likeness (QED) is 0.413. The molecule has 0 amide bonds. The Bertz CT molecular complexity index is 1590. The van der Waals surface area contributed by atoms with Crippen molar-refractivity contribution in [1.82, 2.24) is 15.3 Å². The molecule has 0 bridgehead atoms.